The highest BCUT2D eigenvalue weighted by Gasteiger charge is 2.27. The Bertz CT molecular complexity index is 799. The number of nitrogens with one attached hydrogen (secondary N) is 1. The van der Waals surface area contributed by atoms with Gasteiger partial charge in [0, 0.05) is 20.1 Å². The van der Waals surface area contributed by atoms with Crippen molar-refractivity contribution in [3.63, 3.8) is 0 Å². The van der Waals surface area contributed by atoms with Crippen LogP contribution in [0.5, 0.6) is 0 Å². The summed E-state index contributed by atoms with van der Waals surface area (Å²) in [7, 11) is 1.63. The van der Waals surface area contributed by atoms with Gasteiger partial charge in [-0.15, -0.1) is 0 Å². The summed E-state index contributed by atoms with van der Waals surface area (Å²) in [5.41, 5.74) is 1.02. The standard InChI is InChI=1S/C34H61NO7/c1-6-14-32-33(39)35-23-29(36)22-31(38)30(37)20-19-28(24-41-5)18-13-17-25(2)15-11-9-7-8-10-12-16-26(3)21-27(4)34(40)42-32/h13,17-18,25-27,29-32,36-38H,6-12,14-16,19-24H2,1-5H3,(H,35,39)/b17-13+,28-18-/t25-,26-,27+,29+,30-,31+,32+/m1/s1. The van der Waals surface area contributed by atoms with Crippen molar-refractivity contribution in [1.29, 1.82) is 0 Å². The van der Waals surface area contributed by atoms with Gasteiger partial charge < -0.3 is 30.1 Å². The minimum atomic E-state index is -1.14. The predicted molar refractivity (Wildman–Crippen MR) is 168 cm³/mol. The highest BCUT2D eigenvalue weighted by molar-refractivity contribution is 5.84. The van der Waals surface area contributed by atoms with E-state index < -0.39 is 30.3 Å². The Labute approximate surface area is 255 Å². The lowest BCUT2D eigenvalue weighted by Gasteiger charge is -2.23. The molecule has 1 aliphatic heterocycles. The summed E-state index contributed by atoms with van der Waals surface area (Å²) in [6.45, 7) is 8.52. The maximum absolute atomic E-state index is 12.8. The number of amides is 1. The summed E-state index contributed by atoms with van der Waals surface area (Å²) in [6, 6.07) is 0. The van der Waals surface area contributed by atoms with Crippen LogP contribution in [0.4, 0.5) is 0 Å². The molecule has 0 spiro atoms. The predicted octanol–water partition coefficient (Wildman–Crippen LogP) is 5.63. The Kier molecular flexibility index (Phi) is 20.7. The number of carbonyl (C=O) groups is 2. The molecule has 0 radical (unpaired) electrons. The SMILES string of the molecule is CCC[C@@H]1OC(=O)[C@@H](C)C[C@H](C)CCCCCCCC[C@@H](C)/C=C/C=C(\COC)CC[C@@H](O)[C@@H](O)C[C@H](O)CNC1=O. The second-order valence-electron chi connectivity index (χ2n) is 12.6. The Morgan fingerprint density at radius 2 is 1.60 bits per heavy atom. The van der Waals surface area contributed by atoms with Crippen LogP contribution in [0.3, 0.4) is 0 Å². The van der Waals surface area contributed by atoms with Crippen molar-refractivity contribution < 1.29 is 34.4 Å². The molecule has 1 rings (SSSR count). The first kappa shape index (κ1) is 38.3. The average Bonchev–Trinajstić information content (AvgIpc) is 2.94. The highest BCUT2D eigenvalue weighted by Crippen LogP contribution is 2.22. The van der Waals surface area contributed by atoms with E-state index >= 15 is 0 Å². The number of aliphatic hydroxyl groups is 3. The number of aliphatic hydroxyl groups excluding tert-OH is 3. The van der Waals surface area contributed by atoms with Gasteiger partial charge in [0.05, 0.1) is 30.8 Å². The molecule has 0 aromatic heterocycles. The van der Waals surface area contributed by atoms with Gasteiger partial charge in [-0.25, -0.2) is 0 Å². The number of hydrogen-bond acceptors (Lipinski definition) is 7. The number of allylic oxidation sites excluding steroid dienone is 3. The average molecular weight is 596 g/mol. The fraction of sp³-hybridized carbons (Fsp3) is 0.824. The first-order valence-electron chi connectivity index (χ1n) is 16.4. The van der Waals surface area contributed by atoms with E-state index in [-0.39, 0.29) is 24.9 Å². The van der Waals surface area contributed by atoms with Gasteiger partial charge in [0.2, 0.25) is 0 Å². The molecule has 4 N–H and O–H groups in total. The molecule has 1 amide bonds. The molecule has 244 valence electrons. The van der Waals surface area contributed by atoms with E-state index in [9.17, 15) is 24.9 Å². The Hall–Kier alpha value is -1.74. The van der Waals surface area contributed by atoms with Crippen molar-refractivity contribution in [3.05, 3.63) is 23.8 Å². The molecule has 0 unspecified atom stereocenters. The second kappa shape index (κ2) is 22.8. The molecule has 0 aromatic carbocycles. The summed E-state index contributed by atoms with van der Waals surface area (Å²) < 4.78 is 10.9. The van der Waals surface area contributed by atoms with Gasteiger partial charge in [-0.1, -0.05) is 97.3 Å². The van der Waals surface area contributed by atoms with E-state index in [0.29, 0.717) is 44.1 Å². The van der Waals surface area contributed by atoms with Crippen molar-refractivity contribution in [1.82, 2.24) is 5.32 Å². The minimum absolute atomic E-state index is 0.0880. The molecule has 42 heavy (non-hydrogen) atoms. The Balaban J connectivity index is 2.86. The van der Waals surface area contributed by atoms with Crippen molar-refractivity contribution >= 4 is 11.9 Å². The lowest BCUT2D eigenvalue weighted by atomic mass is 9.92. The number of ether oxygens (including phenoxy) is 2. The number of β-amino-alcohol motifs (C(OH)–C–C–N with tert-alkyl or cyclic N) is 1. The van der Waals surface area contributed by atoms with Gasteiger partial charge >= 0.3 is 5.97 Å². The lowest BCUT2D eigenvalue weighted by Crippen LogP contribution is -2.43. The molecule has 8 nitrogen and oxygen atoms in total. The fourth-order valence-electron chi connectivity index (χ4n) is 5.49. The van der Waals surface area contributed by atoms with E-state index in [0.717, 1.165) is 31.3 Å². The summed E-state index contributed by atoms with van der Waals surface area (Å²) >= 11 is 0. The minimum Gasteiger partial charge on any atom is -0.452 e. The third-order valence-corrected chi connectivity index (χ3v) is 8.20. The third kappa shape index (κ3) is 17.4. The van der Waals surface area contributed by atoms with E-state index in [1.165, 1.54) is 32.1 Å². The van der Waals surface area contributed by atoms with Gasteiger partial charge in [0.25, 0.3) is 5.91 Å². The van der Waals surface area contributed by atoms with Crippen molar-refractivity contribution in [3.8, 4) is 0 Å². The van der Waals surface area contributed by atoms with E-state index in [1.807, 2.05) is 19.9 Å². The number of methoxy groups -OCH3 is 1. The van der Waals surface area contributed by atoms with E-state index in [1.54, 1.807) is 7.11 Å². The summed E-state index contributed by atoms with van der Waals surface area (Å²) in [5.74, 6) is -0.228. The van der Waals surface area contributed by atoms with Gasteiger partial charge in [-0.3, -0.25) is 9.59 Å². The molecule has 0 aromatic rings. The Morgan fingerprint density at radius 1 is 0.929 bits per heavy atom. The molecule has 1 heterocycles. The molecule has 7 atom stereocenters. The number of carbonyl (C=O) groups excluding carboxylic acids is 2. The van der Waals surface area contributed by atoms with E-state index in [2.05, 4.69) is 31.3 Å². The van der Waals surface area contributed by atoms with Gasteiger partial charge in [-0.05, 0) is 49.5 Å². The molecule has 0 bridgehead atoms. The van der Waals surface area contributed by atoms with Crippen LogP contribution in [-0.2, 0) is 19.1 Å². The summed E-state index contributed by atoms with van der Waals surface area (Å²) in [6.07, 6.45) is 14.3. The molecule has 0 fully saturated rings. The highest BCUT2D eigenvalue weighted by atomic mass is 16.5. The fourth-order valence-corrected chi connectivity index (χ4v) is 5.49. The second-order valence-corrected chi connectivity index (χ2v) is 12.6. The maximum atomic E-state index is 12.8. The molecule has 0 aliphatic carbocycles. The van der Waals surface area contributed by atoms with Crippen molar-refractivity contribution in [2.75, 3.05) is 20.3 Å². The van der Waals surface area contributed by atoms with Gasteiger partial charge in [0.1, 0.15) is 0 Å². The molecule has 8 heteroatoms. The summed E-state index contributed by atoms with van der Waals surface area (Å²) in [4.78, 5) is 25.6. The smallest absolute Gasteiger partial charge is 0.309 e. The first-order valence-corrected chi connectivity index (χ1v) is 16.4. The molecular formula is C34H61NO7. The zero-order valence-electron chi connectivity index (χ0n) is 27.1. The largest absolute Gasteiger partial charge is 0.452 e. The van der Waals surface area contributed by atoms with Crippen LogP contribution in [0.1, 0.15) is 118 Å². The van der Waals surface area contributed by atoms with Crippen LogP contribution in [-0.4, -0.2) is 71.9 Å². The number of rotatable bonds is 4. The zero-order chi connectivity index (χ0) is 31.3. The van der Waals surface area contributed by atoms with Crippen LogP contribution >= 0.6 is 0 Å². The number of hydrogen-bond donors (Lipinski definition) is 4. The number of esters is 1. The van der Waals surface area contributed by atoms with Crippen LogP contribution in [0, 0.1) is 17.8 Å². The van der Waals surface area contributed by atoms with Crippen molar-refractivity contribution in [2.24, 2.45) is 17.8 Å². The third-order valence-electron chi connectivity index (χ3n) is 8.20. The topological polar surface area (TPSA) is 125 Å². The quantitative estimate of drug-likeness (QED) is 0.311. The van der Waals surface area contributed by atoms with Gasteiger partial charge in [-0.2, -0.15) is 0 Å². The molecule has 0 saturated carbocycles. The van der Waals surface area contributed by atoms with Crippen LogP contribution in [0.15, 0.2) is 23.8 Å². The van der Waals surface area contributed by atoms with Crippen molar-refractivity contribution in [2.45, 2.75) is 142 Å². The molecule has 1 aliphatic rings. The summed E-state index contributed by atoms with van der Waals surface area (Å²) in [5, 5.41) is 34.1. The van der Waals surface area contributed by atoms with E-state index in [4.69, 9.17) is 9.47 Å². The van der Waals surface area contributed by atoms with Crippen LogP contribution < -0.4 is 5.32 Å². The van der Waals surface area contributed by atoms with Crippen LogP contribution in [0.25, 0.3) is 0 Å². The maximum Gasteiger partial charge on any atom is 0.309 e. The van der Waals surface area contributed by atoms with Gasteiger partial charge in [0.15, 0.2) is 6.10 Å². The molecule has 0 saturated heterocycles. The van der Waals surface area contributed by atoms with Crippen LogP contribution in [0.2, 0.25) is 0 Å². The lowest BCUT2D eigenvalue weighted by molar-refractivity contribution is -0.160. The first-order chi connectivity index (χ1) is 20.1. The zero-order valence-corrected chi connectivity index (χ0v) is 27.1. The number of cyclic esters (lactones) is 1. The normalized spacial score (nSPS) is 33.7. The Morgan fingerprint density at radius 3 is 2.26 bits per heavy atom. The monoisotopic (exact) mass is 595 g/mol. The molecular weight excluding hydrogens is 534 g/mol.